The lowest BCUT2D eigenvalue weighted by Crippen LogP contribution is -2.09. The minimum absolute atomic E-state index is 1.13. The quantitative estimate of drug-likeness (QED) is 0.168. The van der Waals surface area contributed by atoms with E-state index in [2.05, 4.69) is 193 Å². The number of hydrogen-bond acceptors (Lipinski definition) is 1. The van der Waals surface area contributed by atoms with Crippen molar-refractivity contribution in [1.29, 1.82) is 0 Å². The summed E-state index contributed by atoms with van der Waals surface area (Å²) in [6, 6.07) is 69.2. The second-order valence-corrected chi connectivity index (χ2v) is 13.7. The molecule has 0 amide bonds. The summed E-state index contributed by atoms with van der Waals surface area (Å²) in [5.41, 5.74) is 8.45. The number of benzene rings is 11. The summed E-state index contributed by atoms with van der Waals surface area (Å²) < 4.78 is 0. The van der Waals surface area contributed by atoms with Gasteiger partial charge in [0.1, 0.15) is 0 Å². The molecule has 0 N–H and O–H groups in total. The Balaban J connectivity index is 1.08. The Morgan fingerprint density at radius 1 is 0.235 bits per heavy atom. The molecule has 11 aromatic carbocycles. The molecule has 0 radical (unpaired) electrons. The molecule has 51 heavy (non-hydrogen) atoms. The van der Waals surface area contributed by atoms with Crippen LogP contribution in [0, 0.1) is 0 Å². The molecule has 0 fully saturated rings. The van der Waals surface area contributed by atoms with E-state index in [0.717, 1.165) is 17.1 Å². The van der Waals surface area contributed by atoms with E-state index in [4.69, 9.17) is 0 Å². The zero-order chi connectivity index (χ0) is 33.5. The number of para-hydroxylation sites is 2. The fourth-order valence-corrected chi connectivity index (χ4v) is 8.65. The van der Waals surface area contributed by atoms with E-state index in [0.29, 0.717) is 0 Å². The van der Waals surface area contributed by atoms with Gasteiger partial charge in [-0.05, 0) is 123 Å². The van der Waals surface area contributed by atoms with Crippen molar-refractivity contribution in [1.82, 2.24) is 0 Å². The van der Waals surface area contributed by atoms with Crippen LogP contribution < -0.4 is 4.90 Å². The van der Waals surface area contributed by atoms with Gasteiger partial charge in [-0.1, -0.05) is 152 Å². The van der Waals surface area contributed by atoms with Gasteiger partial charge in [-0.25, -0.2) is 0 Å². The normalized spacial score (nSPS) is 11.9. The molecule has 0 aromatic heterocycles. The lowest BCUT2D eigenvalue weighted by Gasteiger charge is -2.25. The largest absolute Gasteiger partial charge is 0.311 e. The predicted molar refractivity (Wildman–Crippen MR) is 219 cm³/mol. The van der Waals surface area contributed by atoms with Crippen LogP contribution >= 0.6 is 0 Å². The van der Waals surface area contributed by atoms with E-state index in [1.54, 1.807) is 0 Å². The highest BCUT2D eigenvalue weighted by Gasteiger charge is 2.18. The van der Waals surface area contributed by atoms with Gasteiger partial charge < -0.3 is 4.90 Å². The van der Waals surface area contributed by atoms with Crippen molar-refractivity contribution in [2.45, 2.75) is 0 Å². The van der Waals surface area contributed by atoms with E-state index in [-0.39, 0.29) is 0 Å². The predicted octanol–water partition coefficient (Wildman–Crippen LogP) is 14.3. The van der Waals surface area contributed by atoms with Crippen LogP contribution in [0.25, 0.3) is 86.9 Å². The van der Waals surface area contributed by atoms with Crippen LogP contribution in [0.5, 0.6) is 0 Å². The fraction of sp³-hybridized carbons (Fsp3) is 0. The second-order valence-electron chi connectivity index (χ2n) is 13.7. The molecule has 0 saturated carbocycles. The molecule has 0 saturated heterocycles. The SMILES string of the molecule is c1ccc(N(c2ccccc2)c2ccc(-c3ccc4ccc5c(-c6ccc7ccc8cccc9ccc6c7c89)ccc6ccc3c4c65)cc2)cc1. The van der Waals surface area contributed by atoms with Crippen LogP contribution in [0.15, 0.2) is 188 Å². The molecule has 0 aliphatic heterocycles. The number of nitrogens with zero attached hydrogens (tertiary/aromatic N) is 1. The molecule has 0 atom stereocenters. The first-order valence-electron chi connectivity index (χ1n) is 17.7. The Kier molecular flexibility index (Phi) is 6.02. The van der Waals surface area contributed by atoms with Crippen molar-refractivity contribution in [3.05, 3.63) is 188 Å². The Hall–Kier alpha value is -6.70. The average molecular weight is 646 g/mol. The maximum absolute atomic E-state index is 2.34. The number of anilines is 3. The van der Waals surface area contributed by atoms with E-state index in [1.807, 2.05) is 0 Å². The topological polar surface area (TPSA) is 3.24 Å². The maximum Gasteiger partial charge on any atom is 0.0462 e. The minimum Gasteiger partial charge on any atom is -0.311 e. The van der Waals surface area contributed by atoms with Gasteiger partial charge in [-0.15, -0.1) is 0 Å². The molecule has 236 valence electrons. The molecule has 0 bridgehead atoms. The van der Waals surface area contributed by atoms with E-state index < -0.39 is 0 Å². The molecule has 0 aliphatic carbocycles. The van der Waals surface area contributed by atoms with Crippen molar-refractivity contribution in [2.75, 3.05) is 4.90 Å². The summed E-state index contributed by atoms with van der Waals surface area (Å²) in [5, 5.41) is 15.7. The van der Waals surface area contributed by atoms with Gasteiger partial charge in [-0.3, -0.25) is 0 Å². The van der Waals surface area contributed by atoms with Gasteiger partial charge in [0.05, 0.1) is 0 Å². The molecule has 0 heterocycles. The summed E-state index contributed by atoms with van der Waals surface area (Å²) in [6.45, 7) is 0. The first-order chi connectivity index (χ1) is 25.3. The van der Waals surface area contributed by atoms with Crippen molar-refractivity contribution in [3.8, 4) is 22.3 Å². The molecule has 0 spiro atoms. The average Bonchev–Trinajstić information content (AvgIpc) is 3.20. The molecule has 0 unspecified atom stereocenters. The lowest BCUT2D eigenvalue weighted by atomic mass is 9.85. The standard InChI is InChI=1S/C50H31N/c1-3-10-38(11-4-1)51(39-12-5-2-6-13-39)40-24-16-32(17-25-40)41-26-18-36-23-31-46-43(28-20-37-22-29-44(41)49(36)50(37)46)42-27-19-35-15-14-33-8-7-9-34-21-30-45(42)48(35)47(33)34/h1-31H. The summed E-state index contributed by atoms with van der Waals surface area (Å²) >= 11 is 0. The van der Waals surface area contributed by atoms with E-state index in [9.17, 15) is 0 Å². The highest BCUT2D eigenvalue weighted by molar-refractivity contribution is 6.30. The third-order valence-electron chi connectivity index (χ3n) is 10.9. The minimum atomic E-state index is 1.13. The van der Waals surface area contributed by atoms with Crippen molar-refractivity contribution >= 4 is 81.7 Å². The first kappa shape index (κ1) is 28.2. The smallest absolute Gasteiger partial charge is 0.0462 e. The monoisotopic (exact) mass is 645 g/mol. The molecule has 1 heteroatoms. The van der Waals surface area contributed by atoms with E-state index >= 15 is 0 Å². The zero-order valence-corrected chi connectivity index (χ0v) is 27.8. The summed E-state index contributed by atoms with van der Waals surface area (Å²) in [7, 11) is 0. The molecule has 11 aromatic rings. The number of hydrogen-bond donors (Lipinski definition) is 0. The van der Waals surface area contributed by atoms with Gasteiger partial charge >= 0.3 is 0 Å². The summed E-state index contributed by atoms with van der Waals surface area (Å²) in [6.07, 6.45) is 0. The first-order valence-corrected chi connectivity index (χ1v) is 17.7. The highest BCUT2D eigenvalue weighted by atomic mass is 15.1. The molecule has 11 rings (SSSR count). The van der Waals surface area contributed by atoms with E-state index in [1.165, 1.54) is 86.9 Å². The molecule has 1 nitrogen and oxygen atoms in total. The lowest BCUT2D eigenvalue weighted by molar-refractivity contribution is 1.28. The van der Waals surface area contributed by atoms with Crippen molar-refractivity contribution in [3.63, 3.8) is 0 Å². The van der Waals surface area contributed by atoms with Gasteiger partial charge in [0.15, 0.2) is 0 Å². The Morgan fingerprint density at radius 2 is 0.608 bits per heavy atom. The summed E-state index contributed by atoms with van der Waals surface area (Å²) in [5.74, 6) is 0. The molecular formula is C50H31N. The zero-order valence-electron chi connectivity index (χ0n) is 27.8. The van der Waals surface area contributed by atoms with Gasteiger partial charge in [-0.2, -0.15) is 0 Å². The Labute approximate surface area is 295 Å². The number of rotatable bonds is 5. The van der Waals surface area contributed by atoms with Gasteiger partial charge in [0.25, 0.3) is 0 Å². The van der Waals surface area contributed by atoms with Crippen LogP contribution in [0.2, 0.25) is 0 Å². The third kappa shape index (κ3) is 4.22. The van der Waals surface area contributed by atoms with Crippen LogP contribution in [0.3, 0.4) is 0 Å². The second kappa shape index (κ2) is 10.9. The van der Waals surface area contributed by atoms with Gasteiger partial charge in [0, 0.05) is 17.1 Å². The third-order valence-corrected chi connectivity index (χ3v) is 10.9. The van der Waals surface area contributed by atoms with Crippen molar-refractivity contribution in [2.24, 2.45) is 0 Å². The Morgan fingerprint density at radius 3 is 1.12 bits per heavy atom. The van der Waals surface area contributed by atoms with Crippen LogP contribution in [-0.4, -0.2) is 0 Å². The van der Waals surface area contributed by atoms with Crippen LogP contribution in [-0.2, 0) is 0 Å². The Bertz CT molecular complexity index is 3000. The fourth-order valence-electron chi connectivity index (χ4n) is 8.65. The highest BCUT2D eigenvalue weighted by Crippen LogP contribution is 2.46. The molecule has 0 aliphatic rings. The maximum atomic E-state index is 2.34. The molecular weight excluding hydrogens is 615 g/mol. The van der Waals surface area contributed by atoms with Crippen LogP contribution in [0.4, 0.5) is 17.1 Å². The van der Waals surface area contributed by atoms with Gasteiger partial charge in [0.2, 0.25) is 0 Å². The van der Waals surface area contributed by atoms with Crippen molar-refractivity contribution < 1.29 is 0 Å². The van der Waals surface area contributed by atoms with Crippen LogP contribution in [0.1, 0.15) is 0 Å². The summed E-state index contributed by atoms with van der Waals surface area (Å²) in [4.78, 5) is 2.31.